The van der Waals surface area contributed by atoms with Crippen LogP contribution in [0.3, 0.4) is 0 Å². The molecule has 14 heavy (non-hydrogen) atoms. The van der Waals surface area contributed by atoms with Crippen LogP contribution in [0.2, 0.25) is 0 Å². The molecule has 0 atom stereocenters. The Morgan fingerprint density at radius 2 is 1.71 bits per heavy atom. The molecule has 2 nitrogen and oxygen atoms in total. The van der Waals surface area contributed by atoms with E-state index in [2.05, 4.69) is 6.58 Å². The third-order valence-corrected chi connectivity index (χ3v) is 3.97. The van der Waals surface area contributed by atoms with E-state index in [1.807, 2.05) is 6.08 Å². The van der Waals surface area contributed by atoms with Gasteiger partial charge in [0.25, 0.3) is 0 Å². The first kappa shape index (κ1) is 13.9. The Bertz CT molecular complexity index is 144. The Hall–Kier alpha value is -0.123. The Morgan fingerprint density at radius 3 is 2.21 bits per heavy atom. The molecule has 0 rings (SSSR count). The summed E-state index contributed by atoms with van der Waals surface area (Å²) in [5.74, 6) is 0. The van der Waals surface area contributed by atoms with E-state index < -0.39 is 0 Å². The van der Waals surface area contributed by atoms with E-state index >= 15 is 0 Å². The highest BCUT2D eigenvalue weighted by atomic mass is 28.1. The van der Waals surface area contributed by atoms with Gasteiger partial charge in [-0.1, -0.05) is 18.9 Å². The molecule has 0 aromatic carbocycles. The summed E-state index contributed by atoms with van der Waals surface area (Å²) in [5, 5.41) is 0. The van der Waals surface area contributed by atoms with Crippen LogP contribution < -0.4 is 0 Å². The molecule has 0 radical (unpaired) electrons. The Labute approximate surface area is 91.1 Å². The standard InChI is InChI=1S/C11H24O2Si/c1-4-5-6-7-8-9-10-11(14,12-2)13-3/h4H,1,5-10H2,2-3,14H3. The van der Waals surface area contributed by atoms with Crippen LogP contribution in [0.5, 0.6) is 0 Å². The highest BCUT2D eigenvalue weighted by molar-refractivity contribution is 6.13. The number of hydrogen-bond acceptors (Lipinski definition) is 2. The fourth-order valence-corrected chi connectivity index (χ4v) is 1.73. The second-order valence-corrected chi connectivity index (χ2v) is 5.31. The first-order valence-electron chi connectivity index (χ1n) is 5.39. The van der Waals surface area contributed by atoms with E-state index in [1.165, 1.54) is 25.7 Å². The van der Waals surface area contributed by atoms with Gasteiger partial charge in [-0.2, -0.15) is 0 Å². The summed E-state index contributed by atoms with van der Waals surface area (Å²) < 4.78 is 10.7. The molecule has 0 aromatic rings. The van der Waals surface area contributed by atoms with Crippen LogP contribution in [-0.2, 0) is 9.47 Å². The van der Waals surface area contributed by atoms with Crippen molar-refractivity contribution in [1.82, 2.24) is 0 Å². The molecule has 0 aliphatic carbocycles. The largest absolute Gasteiger partial charge is 0.358 e. The summed E-state index contributed by atoms with van der Waals surface area (Å²) in [6.45, 7) is 3.71. The predicted octanol–water partition coefficient (Wildman–Crippen LogP) is 1.82. The molecule has 0 saturated carbocycles. The van der Waals surface area contributed by atoms with Gasteiger partial charge in [-0.3, -0.25) is 0 Å². The number of unbranched alkanes of at least 4 members (excludes halogenated alkanes) is 4. The summed E-state index contributed by atoms with van der Waals surface area (Å²) in [4.78, 5) is 0. The minimum atomic E-state index is -0.252. The third kappa shape index (κ3) is 6.35. The van der Waals surface area contributed by atoms with Crippen molar-refractivity contribution in [3.8, 4) is 0 Å². The number of rotatable bonds is 9. The molecule has 0 bridgehead atoms. The third-order valence-electron chi connectivity index (χ3n) is 2.65. The number of ether oxygens (including phenoxy) is 2. The highest BCUT2D eigenvalue weighted by Gasteiger charge is 2.20. The molecule has 0 fully saturated rings. The lowest BCUT2D eigenvalue weighted by atomic mass is 10.1. The van der Waals surface area contributed by atoms with E-state index in [4.69, 9.17) is 9.47 Å². The van der Waals surface area contributed by atoms with Crippen molar-refractivity contribution >= 4 is 10.2 Å². The van der Waals surface area contributed by atoms with Gasteiger partial charge in [0, 0.05) is 14.2 Å². The summed E-state index contributed by atoms with van der Waals surface area (Å²) in [7, 11) is 4.39. The first-order valence-corrected chi connectivity index (χ1v) is 6.39. The zero-order chi connectivity index (χ0) is 10.9. The van der Waals surface area contributed by atoms with Gasteiger partial charge in [0.2, 0.25) is 0 Å². The molecule has 0 unspecified atom stereocenters. The second kappa shape index (κ2) is 8.21. The number of allylic oxidation sites excluding steroid dienone is 1. The average Bonchev–Trinajstić information content (AvgIpc) is 2.23. The minimum Gasteiger partial charge on any atom is -0.358 e. The van der Waals surface area contributed by atoms with Crippen LogP contribution in [0.25, 0.3) is 0 Å². The Kier molecular flexibility index (Phi) is 8.13. The van der Waals surface area contributed by atoms with Crippen molar-refractivity contribution in [1.29, 1.82) is 0 Å². The van der Waals surface area contributed by atoms with Crippen LogP contribution in [0.15, 0.2) is 12.7 Å². The fraction of sp³-hybridized carbons (Fsp3) is 0.818. The molecule has 0 amide bonds. The van der Waals surface area contributed by atoms with E-state index in [0.29, 0.717) is 0 Å². The maximum Gasteiger partial charge on any atom is 0.140 e. The van der Waals surface area contributed by atoms with Gasteiger partial charge in [0.1, 0.15) is 5.41 Å². The van der Waals surface area contributed by atoms with E-state index in [0.717, 1.165) is 23.1 Å². The summed E-state index contributed by atoms with van der Waals surface area (Å²) in [5.41, 5.74) is -0.252. The van der Waals surface area contributed by atoms with Crippen LogP contribution >= 0.6 is 0 Å². The van der Waals surface area contributed by atoms with Gasteiger partial charge in [0.05, 0.1) is 10.2 Å². The molecule has 3 heteroatoms. The maximum absolute atomic E-state index is 5.34. The summed E-state index contributed by atoms with van der Waals surface area (Å²) in [6.07, 6.45) is 9.17. The molecule has 84 valence electrons. The molecular formula is C11H24O2Si. The van der Waals surface area contributed by atoms with Crippen molar-refractivity contribution < 1.29 is 9.47 Å². The lowest BCUT2D eigenvalue weighted by Crippen LogP contribution is -2.33. The lowest BCUT2D eigenvalue weighted by Gasteiger charge is -2.26. The molecule has 0 saturated heterocycles. The van der Waals surface area contributed by atoms with Crippen LogP contribution in [0.4, 0.5) is 0 Å². The average molecular weight is 216 g/mol. The van der Waals surface area contributed by atoms with Gasteiger partial charge in [0.15, 0.2) is 0 Å². The van der Waals surface area contributed by atoms with Crippen molar-refractivity contribution in [3.05, 3.63) is 12.7 Å². The zero-order valence-corrected chi connectivity index (χ0v) is 11.8. The summed E-state index contributed by atoms with van der Waals surface area (Å²) >= 11 is 0. The Morgan fingerprint density at radius 1 is 1.14 bits per heavy atom. The number of methoxy groups -OCH3 is 2. The van der Waals surface area contributed by atoms with Crippen molar-refractivity contribution in [2.75, 3.05) is 14.2 Å². The normalized spacial score (nSPS) is 11.9. The molecule has 0 aliphatic heterocycles. The van der Waals surface area contributed by atoms with Gasteiger partial charge < -0.3 is 9.47 Å². The SMILES string of the molecule is C=CCCCCCCC([SiH3])(OC)OC. The minimum absolute atomic E-state index is 0.252. The smallest absolute Gasteiger partial charge is 0.140 e. The monoisotopic (exact) mass is 216 g/mol. The van der Waals surface area contributed by atoms with Gasteiger partial charge in [-0.05, 0) is 25.7 Å². The van der Waals surface area contributed by atoms with Crippen LogP contribution in [0, 0.1) is 0 Å². The second-order valence-electron chi connectivity index (χ2n) is 3.78. The highest BCUT2D eigenvalue weighted by Crippen LogP contribution is 2.16. The molecule has 0 aliphatic rings. The molecule has 0 N–H and O–H groups in total. The molecular weight excluding hydrogens is 192 g/mol. The molecule has 0 aromatic heterocycles. The van der Waals surface area contributed by atoms with Crippen LogP contribution in [-0.4, -0.2) is 29.9 Å². The first-order chi connectivity index (χ1) is 6.68. The quantitative estimate of drug-likeness (QED) is 0.253. The topological polar surface area (TPSA) is 18.5 Å². The van der Waals surface area contributed by atoms with Crippen molar-refractivity contribution in [2.24, 2.45) is 0 Å². The number of hydrogen-bond donors (Lipinski definition) is 0. The predicted molar refractivity (Wildman–Crippen MR) is 64.6 cm³/mol. The van der Waals surface area contributed by atoms with E-state index in [-0.39, 0.29) is 5.41 Å². The van der Waals surface area contributed by atoms with Gasteiger partial charge in [-0.15, -0.1) is 6.58 Å². The van der Waals surface area contributed by atoms with E-state index in [9.17, 15) is 0 Å². The van der Waals surface area contributed by atoms with Gasteiger partial charge in [-0.25, -0.2) is 0 Å². The van der Waals surface area contributed by atoms with Crippen molar-refractivity contribution in [2.45, 2.75) is 43.9 Å². The molecule has 0 heterocycles. The molecule has 0 spiro atoms. The van der Waals surface area contributed by atoms with Crippen LogP contribution in [0.1, 0.15) is 38.5 Å². The zero-order valence-electron chi connectivity index (χ0n) is 9.84. The van der Waals surface area contributed by atoms with E-state index in [1.54, 1.807) is 14.2 Å². The van der Waals surface area contributed by atoms with Crippen molar-refractivity contribution in [3.63, 3.8) is 0 Å². The summed E-state index contributed by atoms with van der Waals surface area (Å²) in [6, 6.07) is 0. The lowest BCUT2D eigenvalue weighted by molar-refractivity contribution is -0.146. The fourth-order valence-electron chi connectivity index (χ4n) is 1.38. The Balaban J connectivity index is 3.38. The maximum atomic E-state index is 5.34. The van der Waals surface area contributed by atoms with Gasteiger partial charge >= 0.3 is 0 Å².